The summed E-state index contributed by atoms with van der Waals surface area (Å²) in [5.41, 5.74) is 0. The second-order valence-corrected chi connectivity index (χ2v) is 7.05. The molecule has 1 aromatic rings. The van der Waals surface area contributed by atoms with Crippen molar-refractivity contribution in [2.24, 2.45) is 0 Å². The summed E-state index contributed by atoms with van der Waals surface area (Å²) < 4.78 is 44.5. The Morgan fingerprint density at radius 3 is 2.65 bits per heavy atom. The van der Waals surface area contributed by atoms with Gasteiger partial charge in [0, 0.05) is 13.7 Å². The Hall–Kier alpha value is -0.110. The van der Waals surface area contributed by atoms with E-state index in [0.717, 1.165) is 12.1 Å². The minimum atomic E-state index is -3.92. The highest BCUT2D eigenvalue weighted by Gasteiger charge is 2.21. The van der Waals surface area contributed by atoms with Gasteiger partial charge in [-0.25, -0.2) is 17.5 Å². The van der Waals surface area contributed by atoms with Gasteiger partial charge in [0.1, 0.15) is 4.90 Å². The highest BCUT2D eigenvalue weighted by atomic mass is 35.5. The number of benzene rings is 1. The third kappa shape index (κ3) is 4.72. The number of methoxy groups -OCH3 is 1. The zero-order valence-corrected chi connectivity index (χ0v) is 13.6. The number of hydrogen-bond acceptors (Lipinski definition) is 3. The maximum atomic E-state index is 13.5. The first-order chi connectivity index (χ1) is 9.29. The Bertz CT molecular complexity index is 568. The summed E-state index contributed by atoms with van der Waals surface area (Å²) in [6.45, 7) is 0.389. The zero-order chi connectivity index (χ0) is 15.3. The molecule has 1 aromatic carbocycles. The van der Waals surface area contributed by atoms with E-state index in [1.807, 2.05) is 0 Å². The molecule has 0 fully saturated rings. The Kier molecular flexibility index (Phi) is 6.97. The van der Waals surface area contributed by atoms with Crippen molar-refractivity contribution in [2.45, 2.75) is 16.7 Å². The average Bonchev–Trinajstić information content (AvgIpc) is 2.35. The number of ether oxygens (including phenoxy) is 1. The fraction of sp³-hybridized carbons (Fsp3) is 0.455. The number of alkyl halides is 1. The minimum Gasteiger partial charge on any atom is -0.383 e. The monoisotopic (exact) mass is 363 g/mol. The minimum absolute atomic E-state index is 0.0838. The van der Waals surface area contributed by atoms with Crippen LogP contribution in [0.4, 0.5) is 4.39 Å². The van der Waals surface area contributed by atoms with E-state index in [9.17, 15) is 12.8 Å². The fourth-order valence-corrected chi connectivity index (χ4v) is 3.43. The van der Waals surface area contributed by atoms with Crippen molar-refractivity contribution in [3.63, 3.8) is 0 Å². The lowest BCUT2D eigenvalue weighted by molar-refractivity contribution is 0.196. The van der Waals surface area contributed by atoms with Gasteiger partial charge in [-0.05, 0) is 18.6 Å². The molecule has 0 aliphatic carbocycles. The predicted molar refractivity (Wildman–Crippen MR) is 77.7 cm³/mol. The number of nitrogens with one attached hydrogen (secondary N) is 1. The van der Waals surface area contributed by atoms with Crippen molar-refractivity contribution in [1.82, 2.24) is 4.72 Å². The van der Waals surface area contributed by atoms with Crippen LogP contribution in [0.15, 0.2) is 17.0 Å². The Labute approximate surface area is 132 Å². The topological polar surface area (TPSA) is 55.4 Å². The number of halogens is 4. The number of sulfonamides is 1. The molecule has 4 nitrogen and oxygen atoms in total. The van der Waals surface area contributed by atoms with E-state index in [1.54, 1.807) is 0 Å². The van der Waals surface area contributed by atoms with Crippen LogP contribution in [0.3, 0.4) is 0 Å². The smallest absolute Gasteiger partial charge is 0.242 e. The van der Waals surface area contributed by atoms with Gasteiger partial charge in [0.2, 0.25) is 10.0 Å². The lowest BCUT2D eigenvalue weighted by atomic mass is 10.3. The second kappa shape index (κ2) is 7.77. The molecule has 20 heavy (non-hydrogen) atoms. The number of rotatable bonds is 7. The average molecular weight is 365 g/mol. The van der Waals surface area contributed by atoms with Gasteiger partial charge in [-0.2, -0.15) is 0 Å². The quantitative estimate of drug-likeness (QED) is 0.597. The molecule has 0 saturated heterocycles. The van der Waals surface area contributed by atoms with E-state index >= 15 is 0 Å². The van der Waals surface area contributed by atoms with Gasteiger partial charge in [0.05, 0.1) is 22.0 Å². The van der Waals surface area contributed by atoms with E-state index in [4.69, 9.17) is 39.5 Å². The molecule has 1 N–H and O–H groups in total. The summed E-state index contributed by atoms with van der Waals surface area (Å²) in [7, 11) is -2.43. The molecule has 1 atom stereocenters. The van der Waals surface area contributed by atoms with E-state index in [-0.39, 0.29) is 21.8 Å². The molecule has 0 aliphatic rings. The first-order valence-corrected chi connectivity index (χ1v) is 8.23. The molecule has 1 rings (SSSR count). The van der Waals surface area contributed by atoms with Gasteiger partial charge in [0.25, 0.3) is 0 Å². The molecule has 0 bridgehead atoms. The Morgan fingerprint density at radius 2 is 2.05 bits per heavy atom. The van der Waals surface area contributed by atoms with Gasteiger partial charge >= 0.3 is 0 Å². The van der Waals surface area contributed by atoms with E-state index in [2.05, 4.69) is 4.72 Å². The molecule has 0 radical (unpaired) electrons. The van der Waals surface area contributed by atoms with Gasteiger partial charge in [0.15, 0.2) is 5.82 Å². The first kappa shape index (κ1) is 17.9. The van der Waals surface area contributed by atoms with E-state index < -0.39 is 20.9 Å². The van der Waals surface area contributed by atoms with Crippen LogP contribution in [0.5, 0.6) is 0 Å². The van der Waals surface area contributed by atoms with Crippen LogP contribution in [0.25, 0.3) is 0 Å². The lowest BCUT2D eigenvalue weighted by Gasteiger charge is -2.11. The van der Waals surface area contributed by atoms with Gasteiger partial charge in [-0.3, -0.25) is 0 Å². The van der Waals surface area contributed by atoms with Crippen molar-refractivity contribution < 1.29 is 17.5 Å². The van der Waals surface area contributed by atoms with Gasteiger partial charge in [-0.15, -0.1) is 11.6 Å². The summed E-state index contributed by atoms with van der Waals surface area (Å²) in [4.78, 5) is -0.362. The second-order valence-electron chi connectivity index (χ2n) is 3.91. The van der Waals surface area contributed by atoms with Crippen LogP contribution < -0.4 is 4.72 Å². The maximum Gasteiger partial charge on any atom is 0.242 e. The predicted octanol–water partition coefficient (Wildman–Crippen LogP) is 3.05. The zero-order valence-electron chi connectivity index (χ0n) is 10.5. The van der Waals surface area contributed by atoms with Gasteiger partial charge < -0.3 is 4.74 Å². The largest absolute Gasteiger partial charge is 0.383 e. The van der Waals surface area contributed by atoms with Crippen molar-refractivity contribution in [2.75, 3.05) is 20.3 Å². The standard InChI is InChI=1S/C11H13Cl3FNO3S/c1-19-6-7(12)4-5-16-20(17,18)9-3-2-8(13)11(15)10(9)14/h2-3,7,16H,4-6H2,1H3. The van der Waals surface area contributed by atoms with E-state index in [1.165, 1.54) is 7.11 Å². The number of hydrogen-bond donors (Lipinski definition) is 1. The Balaban J connectivity index is 2.77. The third-order valence-corrected chi connectivity index (χ3v) is 5.01. The molecule has 0 saturated carbocycles. The van der Waals surface area contributed by atoms with Crippen LogP contribution >= 0.6 is 34.8 Å². The molecule has 9 heteroatoms. The molecule has 0 heterocycles. The summed E-state index contributed by atoms with van der Waals surface area (Å²) >= 11 is 17.0. The maximum absolute atomic E-state index is 13.5. The highest BCUT2D eigenvalue weighted by Crippen LogP contribution is 2.29. The Morgan fingerprint density at radius 1 is 1.40 bits per heavy atom. The summed E-state index contributed by atoms with van der Waals surface area (Å²) in [5, 5.41) is -1.10. The molecule has 0 aliphatic heterocycles. The fourth-order valence-electron chi connectivity index (χ4n) is 1.41. The first-order valence-electron chi connectivity index (χ1n) is 5.55. The SMILES string of the molecule is COCC(Cl)CCNS(=O)(=O)c1ccc(Cl)c(F)c1Cl. The molecule has 1 unspecified atom stereocenters. The molecular formula is C11H13Cl3FNO3S. The van der Waals surface area contributed by atoms with Crippen molar-refractivity contribution >= 4 is 44.8 Å². The van der Waals surface area contributed by atoms with Crippen molar-refractivity contribution in [3.05, 3.63) is 28.0 Å². The van der Waals surface area contributed by atoms with Crippen LogP contribution in [0, 0.1) is 5.82 Å². The van der Waals surface area contributed by atoms with E-state index in [0.29, 0.717) is 13.0 Å². The van der Waals surface area contributed by atoms with Crippen LogP contribution in [-0.4, -0.2) is 34.1 Å². The molecule has 0 spiro atoms. The van der Waals surface area contributed by atoms with Crippen LogP contribution in [0.1, 0.15) is 6.42 Å². The van der Waals surface area contributed by atoms with Crippen LogP contribution in [0.2, 0.25) is 10.0 Å². The lowest BCUT2D eigenvalue weighted by Crippen LogP contribution is -2.27. The van der Waals surface area contributed by atoms with Crippen molar-refractivity contribution in [1.29, 1.82) is 0 Å². The van der Waals surface area contributed by atoms with Crippen molar-refractivity contribution in [3.8, 4) is 0 Å². The normalized spacial score (nSPS) is 13.4. The summed E-state index contributed by atoms with van der Waals surface area (Å²) in [6.07, 6.45) is 0.363. The molecule has 0 aromatic heterocycles. The molecule has 114 valence electrons. The van der Waals surface area contributed by atoms with Crippen LogP contribution in [-0.2, 0) is 14.8 Å². The van der Waals surface area contributed by atoms with Gasteiger partial charge in [-0.1, -0.05) is 23.2 Å². The third-order valence-electron chi connectivity index (χ3n) is 2.39. The summed E-state index contributed by atoms with van der Waals surface area (Å²) in [6, 6.07) is 2.27. The summed E-state index contributed by atoms with van der Waals surface area (Å²) in [5.74, 6) is -0.967. The highest BCUT2D eigenvalue weighted by molar-refractivity contribution is 7.89. The molecule has 0 amide bonds. The molecular weight excluding hydrogens is 352 g/mol.